The third kappa shape index (κ3) is 4.66. The van der Waals surface area contributed by atoms with Crippen LogP contribution in [-0.4, -0.2) is 50.9 Å². The van der Waals surface area contributed by atoms with Crippen molar-refractivity contribution >= 4 is 5.91 Å². The Kier molecular flexibility index (Phi) is 6.11. The molecule has 7 heteroatoms. The number of ether oxygens (including phenoxy) is 1. The molecule has 1 aromatic carbocycles. The van der Waals surface area contributed by atoms with Gasteiger partial charge < -0.3 is 9.64 Å². The van der Waals surface area contributed by atoms with E-state index in [2.05, 4.69) is 10.2 Å². The lowest BCUT2D eigenvalue weighted by Crippen LogP contribution is -2.44. The minimum absolute atomic E-state index is 0.0259. The lowest BCUT2D eigenvalue weighted by molar-refractivity contribution is -0.146. The van der Waals surface area contributed by atoms with E-state index in [4.69, 9.17) is 4.74 Å². The zero-order chi connectivity index (χ0) is 19.4. The number of piperidine rings is 1. The van der Waals surface area contributed by atoms with E-state index in [0.717, 1.165) is 24.2 Å². The van der Waals surface area contributed by atoms with Crippen molar-refractivity contribution in [2.75, 3.05) is 13.1 Å². The SMILES string of the molecule is CC(C)O[C@@H](C)C(=O)N1CCC(c2n[nH]c(=O)n2Cc2ccccc2)CC1. The van der Waals surface area contributed by atoms with Gasteiger partial charge in [0.05, 0.1) is 12.6 Å². The molecule has 0 spiro atoms. The summed E-state index contributed by atoms with van der Waals surface area (Å²) in [6, 6.07) is 9.88. The topological polar surface area (TPSA) is 80.2 Å². The Hall–Kier alpha value is -2.41. The predicted molar refractivity (Wildman–Crippen MR) is 103 cm³/mol. The molecule has 7 nitrogen and oxygen atoms in total. The van der Waals surface area contributed by atoms with Gasteiger partial charge in [0.15, 0.2) is 0 Å². The van der Waals surface area contributed by atoms with Gasteiger partial charge >= 0.3 is 5.69 Å². The summed E-state index contributed by atoms with van der Waals surface area (Å²) in [5, 5.41) is 6.86. The maximum atomic E-state index is 12.5. The van der Waals surface area contributed by atoms with E-state index < -0.39 is 6.10 Å². The maximum absolute atomic E-state index is 12.5. The van der Waals surface area contributed by atoms with Crippen LogP contribution in [0, 0.1) is 0 Å². The maximum Gasteiger partial charge on any atom is 0.343 e. The second-order valence-corrected chi connectivity index (χ2v) is 7.39. The van der Waals surface area contributed by atoms with E-state index in [1.807, 2.05) is 49.1 Å². The van der Waals surface area contributed by atoms with Gasteiger partial charge in [-0.15, -0.1) is 0 Å². The smallest absolute Gasteiger partial charge is 0.343 e. The summed E-state index contributed by atoms with van der Waals surface area (Å²) in [5.41, 5.74) is 0.876. The van der Waals surface area contributed by atoms with Gasteiger partial charge in [0.25, 0.3) is 5.91 Å². The van der Waals surface area contributed by atoms with E-state index in [9.17, 15) is 9.59 Å². The monoisotopic (exact) mass is 372 g/mol. The van der Waals surface area contributed by atoms with Gasteiger partial charge in [0, 0.05) is 19.0 Å². The number of aromatic amines is 1. The fourth-order valence-electron chi connectivity index (χ4n) is 3.64. The average molecular weight is 372 g/mol. The van der Waals surface area contributed by atoms with Crippen molar-refractivity contribution < 1.29 is 9.53 Å². The molecule has 146 valence electrons. The van der Waals surface area contributed by atoms with Gasteiger partial charge in [0.1, 0.15) is 11.9 Å². The first-order valence-corrected chi connectivity index (χ1v) is 9.59. The number of benzene rings is 1. The minimum Gasteiger partial charge on any atom is -0.366 e. The molecule has 1 N–H and O–H groups in total. The van der Waals surface area contributed by atoms with Gasteiger partial charge in [-0.3, -0.25) is 9.36 Å². The molecule has 1 saturated heterocycles. The third-order valence-electron chi connectivity index (χ3n) is 4.97. The molecule has 3 rings (SSSR count). The number of amides is 1. The molecule has 2 aromatic rings. The molecule has 0 bridgehead atoms. The molecular weight excluding hydrogens is 344 g/mol. The van der Waals surface area contributed by atoms with Crippen LogP contribution >= 0.6 is 0 Å². The number of rotatable bonds is 6. The van der Waals surface area contributed by atoms with Crippen molar-refractivity contribution in [3.63, 3.8) is 0 Å². The Labute approximate surface area is 159 Å². The lowest BCUT2D eigenvalue weighted by atomic mass is 9.95. The number of hydrogen-bond acceptors (Lipinski definition) is 4. The van der Waals surface area contributed by atoms with E-state index in [0.29, 0.717) is 19.6 Å². The van der Waals surface area contributed by atoms with E-state index in [-0.39, 0.29) is 23.6 Å². The van der Waals surface area contributed by atoms with Crippen LogP contribution in [0.4, 0.5) is 0 Å². The third-order valence-corrected chi connectivity index (χ3v) is 4.97. The zero-order valence-corrected chi connectivity index (χ0v) is 16.2. The number of hydrogen-bond donors (Lipinski definition) is 1. The van der Waals surface area contributed by atoms with Crippen molar-refractivity contribution in [3.05, 3.63) is 52.2 Å². The highest BCUT2D eigenvalue weighted by Crippen LogP contribution is 2.26. The van der Waals surface area contributed by atoms with Crippen molar-refractivity contribution in [1.29, 1.82) is 0 Å². The van der Waals surface area contributed by atoms with Crippen LogP contribution in [0.25, 0.3) is 0 Å². The largest absolute Gasteiger partial charge is 0.366 e. The molecule has 1 aliphatic heterocycles. The minimum atomic E-state index is -0.428. The number of carbonyl (C=O) groups excluding carboxylic acids is 1. The summed E-state index contributed by atoms with van der Waals surface area (Å²) < 4.78 is 7.32. The molecule has 1 aromatic heterocycles. The molecule has 0 unspecified atom stereocenters. The summed E-state index contributed by atoms with van der Waals surface area (Å²) in [6.07, 6.45) is 1.18. The lowest BCUT2D eigenvalue weighted by Gasteiger charge is -2.33. The average Bonchev–Trinajstić information content (AvgIpc) is 3.02. The van der Waals surface area contributed by atoms with Crippen LogP contribution in [0.1, 0.15) is 50.9 Å². The second-order valence-electron chi connectivity index (χ2n) is 7.39. The number of likely N-dealkylation sites (tertiary alicyclic amines) is 1. The van der Waals surface area contributed by atoms with Crippen molar-refractivity contribution in [3.8, 4) is 0 Å². The van der Waals surface area contributed by atoms with Gasteiger partial charge in [0.2, 0.25) is 0 Å². The molecular formula is C20H28N4O3. The van der Waals surface area contributed by atoms with Crippen LogP contribution in [0.15, 0.2) is 35.1 Å². The molecule has 1 atom stereocenters. The van der Waals surface area contributed by atoms with Crippen LogP contribution < -0.4 is 5.69 Å². The Morgan fingerprint density at radius 2 is 1.89 bits per heavy atom. The standard InChI is InChI=1S/C20H28N4O3/c1-14(2)27-15(3)19(25)23-11-9-17(10-12-23)18-21-22-20(26)24(18)13-16-7-5-4-6-8-16/h4-8,14-15,17H,9-13H2,1-3H3,(H,22,26)/t15-/m0/s1. The van der Waals surface area contributed by atoms with Crippen LogP contribution in [-0.2, 0) is 16.1 Å². The van der Waals surface area contributed by atoms with E-state index in [1.165, 1.54) is 0 Å². The second kappa shape index (κ2) is 8.52. The van der Waals surface area contributed by atoms with Gasteiger partial charge in [-0.2, -0.15) is 5.10 Å². The Bertz CT molecular complexity index is 804. The van der Waals surface area contributed by atoms with E-state index >= 15 is 0 Å². The quantitative estimate of drug-likeness (QED) is 0.842. The van der Waals surface area contributed by atoms with Crippen LogP contribution in [0.5, 0.6) is 0 Å². The highest BCUT2D eigenvalue weighted by Gasteiger charge is 2.30. The Morgan fingerprint density at radius 1 is 1.22 bits per heavy atom. The Morgan fingerprint density at radius 3 is 2.52 bits per heavy atom. The molecule has 2 heterocycles. The highest BCUT2D eigenvalue weighted by atomic mass is 16.5. The van der Waals surface area contributed by atoms with Crippen LogP contribution in [0.3, 0.4) is 0 Å². The van der Waals surface area contributed by atoms with Gasteiger partial charge in [-0.1, -0.05) is 30.3 Å². The first-order chi connectivity index (χ1) is 13.0. The summed E-state index contributed by atoms with van der Waals surface area (Å²) in [5.74, 6) is 0.978. The van der Waals surface area contributed by atoms with Crippen molar-refractivity contribution in [2.24, 2.45) is 0 Å². The summed E-state index contributed by atoms with van der Waals surface area (Å²) in [6.45, 7) is 7.48. The van der Waals surface area contributed by atoms with Gasteiger partial charge in [-0.05, 0) is 39.2 Å². The molecule has 0 saturated carbocycles. The van der Waals surface area contributed by atoms with Gasteiger partial charge in [-0.25, -0.2) is 9.89 Å². The highest BCUT2D eigenvalue weighted by molar-refractivity contribution is 5.80. The number of H-pyrrole nitrogens is 1. The van der Waals surface area contributed by atoms with Crippen LogP contribution in [0.2, 0.25) is 0 Å². The fraction of sp³-hybridized carbons (Fsp3) is 0.550. The molecule has 0 radical (unpaired) electrons. The normalized spacial score (nSPS) is 16.7. The number of nitrogens with zero attached hydrogens (tertiary/aromatic N) is 3. The summed E-state index contributed by atoms with van der Waals surface area (Å²) in [4.78, 5) is 26.6. The summed E-state index contributed by atoms with van der Waals surface area (Å²) in [7, 11) is 0. The number of carbonyl (C=O) groups is 1. The predicted octanol–water partition coefficient (Wildman–Crippen LogP) is 2.14. The summed E-state index contributed by atoms with van der Waals surface area (Å²) >= 11 is 0. The van der Waals surface area contributed by atoms with Crippen molar-refractivity contribution in [2.45, 2.75) is 58.3 Å². The fourth-order valence-corrected chi connectivity index (χ4v) is 3.64. The zero-order valence-electron chi connectivity index (χ0n) is 16.2. The Balaban J connectivity index is 1.65. The molecule has 1 amide bonds. The first-order valence-electron chi connectivity index (χ1n) is 9.59. The molecule has 1 fully saturated rings. The molecule has 0 aliphatic carbocycles. The number of aromatic nitrogens is 3. The van der Waals surface area contributed by atoms with Crippen molar-refractivity contribution in [1.82, 2.24) is 19.7 Å². The molecule has 1 aliphatic rings. The molecule has 27 heavy (non-hydrogen) atoms. The van der Waals surface area contributed by atoms with E-state index in [1.54, 1.807) is 11.5 Å². The first kappa shape index (κ1) is 19.4. The number of nitrogens with one attached hydrogen (secondary N) is 1.